The van der Waals surface area contributed by atoms with Gasteiger partial charge in [0.1, 0.15) is 0 Å². The number of carbonyl (C=O) groups excluding carboxylic acids is 1. The van der Waals surface area contributed by atoms with Crippen molar-refractivity contribution in [1.29, 1.82) is 0 Å². The first-order chi connectivity index (χ1) is 13.1. The molecule has 0 unspecified atom stereocenters. The van der Waals surface area contributed by atoms with E-state index in [1.165, 1.54) is 5.56 Å². The van der Waals surface area contributed by atoms with Crippen molar-refractivity contribution >= 4 is 39.7 Å². The monoisotopic (exact) mass is 377 g/mol. The zero-order chi connectivity index (χ0) is 19.2. The molecule has 0 heterocycles. The highest BCUT2D eigenvalue weighted by molar-refractivity contribution is 7.80. The van der Waals surface area contributed by atoms with E-state index >= 15 is 0 Å². The number of para-hydroxylation sites is 1. The summed E-state index contributed by atoms with van der Waals surface area (Å²) < 4.78 is 0. The molecule has 0 aliphatic rings. The van der Waals surface area contributed by atoms with Crippen LogP contribution in [0.3, 0.4) is 0 Å². The van der Waals surface area contributed by atoms with Gasteiger partial charge in [0, 0.05) is 5.69 Å². The standard InChI is InChI=1S/C22H23N3OS/c1-3-17-10-6-7-15(2)21(17)23-22(27)25-24-20(26)14-16-11-12-18-8-4-5-9-19(18)13-16/h4-13H,3,14H2,1-2H3,(H,24,26)(H2,23,25,27). The van der Waals surface area contributed by atoms with Gasteiger partial charge in [0.25, 0.3) is 0 Å². The summed E-state index contributed by atoms with van der Waals surface area (Å²) in [5, 5.41) is 5.83. The molecule has 5 heteroatoms. The number of benzene rings is 3. The van der Waals surface area contributed by atoms with Crippen LogP contribution < -0.4 is 16.2 Å². The molecule has 0 bridgehead atoms. The maximum atomic E-state index is 12.2. The molecule has 3 N–H and O–H groups in total. The van der Waals surface area contributed by atoms with Crippen LogP contribution in [0, 0.1) is 6.92 Å². The lowest BCUT2D eigenvalue weighted by Crippen LogP contribution is -2.44. The van der Waals surface area contributed by atoms with Gasteiger partial charge < -0.3 is 5.32 Å². The van der Waals surface area contributed by atoms with Crippen LogP contribution in [0.5, 0.6) is 0 Å². The average molecular weight is 378 g/mol. The second kappa shape index (κ2) is 8.64. The van der Waals surface area contributed by atoms with Crippen LogP contribution in [-0.2, 0) is 17.6 Å². The normalized spacial score (nSPS) is 10.4. The Balaban J connectivity index is 1.56. The van der Waals surface area contributed by atoms with Crippen molar-refractivity contribution in [3.05, 3.63) is 77.4 Å². The summed E-state index contributed by atoms with van der Waals surface area (Å²) in [6, 6.07) is 20.3. The van der Waals surface area contributed by atoms with Crippen molar-refractivity contribution in [2.75, 3.05) is 5.32 Å². The van der Waals surface area contributed by atoms with Gasteiger partial charge in [-0.2, -0.15) is 0 Å². The highest BCUT2D eigenvalue weighted by Crippen LogP contribution is 2.20. The SMILES string of the molecule is CCc1cccc(C)c1NC(=S)NNC(=O)Cc1ccc2ccccc2c1. The predicted octanol–water partition coefficient (Wildman–Crippen LogP) is 4.27. The number of carbonyl (C=O) groups is 1. The van der Waals surface area contributed by atoms with Crippen LogP contribution in [0.15, 0.2) is 60.7 Å². The van der Waals surface area contributed by atoms with Gasteiger partial charge >= 0.3 is 0 Å². The van der Waals surface area contributed by atoms with Gasteiger partial charge in [-0.25, -0.2) is 0 Å². The van der Waals surface area contributed by atoms with Crippen LogP contribution in [0.1, 0.15) is 23.6 Å². The molecule has 138 valence electrons. The highest BCUT2D eigenvalue weighted by atomic mass is 32.1. The first-order valence-corrected chi connectivity index (χ1v) is 9.39. The summed E-state index contributed by atoms with van der Waals surface area (Å²) in [6.07, 6.45) is 1.19. The Labute approximate surface area is 164 Å². The molecular weight excluding hydrogens is 354 g/mol. The molecule has 0 radical (unpaired) electrons. The summed E-state index contributed by atoms with van der Waals surface area (Å²) in [5.41, 5.74) is 9.69. The van der Waals surface area contributed by atoms with Crippen LogP contribution in [0.25, 0.3) is 10.8 Å². The van der Waals surface area contributed by atoms with Gasteiger partial charge in [-0.15, -0.1) is 0 Å². The molecule has 1 amide bonds. The van der Waals surface area contributed by atoms with E-state index in [1.807, 2.05) is 55.5 Å². The Hall–Kier alpha value is -2.92. The number of anilines is 1. The van der Waals surface area contributed by atoms with Crippen LogP contribution in [0.4, 0.5) is 5.69 Å². The first-order valence-electron chi connectivity index (χ1n) is 8.99. The molecule has 3 aromatic carbocycles. The zero-order valence-corrected chi connectivity index (χ0v) is 16.3. The van der Waals surface area contributed by atoms with Gasteiger partial charge in [0.2, 0.25) is 5.91 Å². The van der Waals surface area contributed by atoms with Crippen LogP contribution >= 0.6 is 12.2 Å². The Morgan fingerprint density at radius 2 is 1.74 bits per heavy atom. The summed E-state index contributed by atoms with van der Waals surface area (Å²) >= 11 is 5.31. The summed E-state index contributed by atoms with van der Waals surface area (Å²) in [4.78, 5) is 12.2. The van der Waals surface area contributed by atoms with Gasteiger partial charge in [-0.3, -0.25) is 15.6 Å². The average Bonchev–Trinajstić information content (AvgIpc) is 2.68. The fourth-order valence-corrected chi connectivity index (χ4v) is 3.20. The first kappa shape index (κ1) is 18.9. The van der Waals surface area contributed by atoms with Gasteiger partial charge in [0.05, 0.1) is 6.42 Å². The lowest BCUT2D eigenvalue weighted by Gasteiger charge is -2.16. The van der Waals surface area contributed by atoms with E-state index in [1.54, 1.807) is 0 Å². The number of hydrazine groups is 1. The smallest absolute Gasteiger partial charge is 0.242 e. The molecule has 4 nitrogen and oxygen atoms in total. The Morgan fingerprint density at radius 1 is 0.963 bits per heavy atom. The second-order valence-corrected chi connectivity index (χ2v) is 6.86. The molecule has 3 aromatic rings. The second-order valence-electron chi connectivity index (χ2n) is 6.45. The van der Waals surface area contributed by atoms with E-state index in [4.69, 9.17) is 12.2 Å². The number of nitrogens with one attached hydrogen (secondary N) is 3. The minimum atomic E-state index is -0.144. The van der Waals surface area contributed by atoms with Crippen molar-refractivity contribution in [2.45, 2.75) is 26.7 Å². The zero-order valence-electron chi connectivity index (χ0n) is 15.5. The highest BCUT2D eigenvalue weighted by Gasteiger charge is 2.08. The van der Waals surface area contributed by atoms with Crippen molar-refractivity contribution < 1.29 is 4.79 Å². The number of hydrogen-bond donors (Lipinski definition) is 3. The Kier molecular flexibility index (Phi) is 6.04. The lowest BCUT2D eigenvalue weighted by molar-refractivity contribution is -0.120. The number of fused-ring (bicyclic) bond motifs is 1. The third kappa shape index (κ3) is 4.83. The van der Waals surface area contributed by atoms with Gasteiger partial charge in [-0.05, 0) is 53.0 Å². The molecule has 0 aliphatic heterocycles. The van der Waals surface area contributed by atoms with E-state index in [0.717, 1.165) is 34.0 Å². The number of amides is 1. The van der Waals surface area contributed by atoms with Crippen molar-refractivity contribution in [3.8, 4) is 0 Å². The quantitative estimate of drug-likeness (QED) is 0.469. The minimum Gasteiger partial charge on any atom is -0.331 e. The summed E-state index contributed by atoms with van der Waals surface area (Å²) in [7, 11) is 0. The van der Waals surface area contributed by atoms with Crippen molar-refractivity contribution in [3.63, 3.8) is 0 Å². The number of aryl methyl sites for hydroxylation is 2. The molecule has 0 spiro atoms. The van der Waals surface area contributed by atoms with E-state index in [-0.39, 0.29) is 12.3 Å². The maximum absolute atomic E-state index is 12.2. The molecule has 3 rings (SSSR count). The molecule has 0 aromatic heterocycles. The van der Waals surface area contributed by atoms with E-state index in [2.05, 4.69) is 35.2 Å². The fraction of sp³-hybridized carbons (Fsp3) is 0.182. The van der Waals surface area contributed by atoms with E-state index < -0.39 is 0 Å². The molecule has 0 aliphatic carbocycles. The Morgan fingerprint density at radius 3 is 2.52 bits per heavy atom. The number of rotatable bonds is 4. The molecule has 0 saturated carbocycles. The third-order valence-electron chi connectivity index (χ3n) is 4.47. The van der Waals surface area contributed by atoms with Crippen LogP contribution in [-0.4, -0.2) is 11.0 Å². The van der Waals surface area contributed by atoms with E-state index in [9.17, 15) is 4.79 Å². The fourth-order valence-electron chi connectivity index (χ4n) is 3.05. The maximum Gasteiger partial charge on any atom is 0.242 e. The van der Waals surface area contributed by atoms with E-state index in [0.29, 0.717) is 5.11 Å². The van der Waals surface area contributed by atoms with Crippen molar-refractivity contribution in [1.82, 2.24) is 10.9 Å². The van der Waals surface area contributed by atoms with Crippen LogP contribution in [0.2, 0.25) is 0 Å². The third-order valence-corrected chi connectivity index (χ3v) is 4.68. The number of thiocarbonyl (C=S) groups is 1. The summed E-state index contributed by atoms with van der Waals surface area (Å²) in [6.45, 7) is 4.13. The Bertz CT molecular complexity index is 984. The molecule has 27 heavy (non-hydrogen) atoms. The minimum absolute atomic E-state index is 0.144. The van der Waals surface area contributed by atoms with Gasteiger partial charge in [0.15, 0.2) is 5.11 Å². The largest absolute Gasteiger partial charge is 0.331 e. The molecule has 0 atom stereocenters. The van der Waals surface area contributed by atoms with Gasteiger partial charge in [-0.1, -0.05) is 67.6 Å². The lowest BCUT2D eigenvalue weighted by atomic mass is 10.1. The number of hydrogen-bond acceptors (Lipinski definition) is 2. The predicted molar refractivity (Wildman–Crippen MR) is 116 cm³/mol. The summed E-state index contributed by atoms with van der Waals surface area (Å²) in [5.74, 6) is -0.144. The topological polar surface area (TPSA) is 53.2 Å². The molecular formula is C22H23N3OS. The molecule has 0 saturated heterocycles. The van der Waals surface area contributed by atoms with Crippen molar-refractivity contribution in [2.24, 2.45) is 0 Å². The molecule has 0 fully saturated rings.